The lowest BCUT2D eigenvalue weighted by atomic mass is 10.2. The van der Waals surface area contributed by atoms with Gasteiger partial charge in [0.25, 0.3) is 10.1 Å². The summed E-state index contributed by atoms with van der Waals surface area (Å²) in [6.45, 7) is 1.87. The van der Waals surface area contributed by atoms with Crippen LogP contribution in [0.3, 0.4) is 0 Å². The van der Waals surface area contributed by atoms with Crippen molar-refractivity contribution < 1.29 is 13.0 Å². The molecule has 1 aromatic carbocycles. The monoisotopic (exact) mass is 229 g/mol. The van der Waals surface area contributed by atoms with Gasteiger partial charge in [0.15, 0.2) is 0 Å². The van der Waals surface area contributed by atoms with Gasteiger partial charge in [-0.25, -0.2) is 0 Å². The maximum absolute atomic E-state index is 10.5. The van der Waals surface area contributed by atoms with Gasteiger partial charge >= 0.3 is 0 Å². The summed E-state index contributed by atoms with van der Waals surface area (Å²) in [4.78, 5) is 0. The molecule has 0 saturated heterocycles. The van der Waals surface area contributed by atoms with Gasteiger partial charge in [0.2, 0.25) is 0 Å². The number of para-hydroxylation sites is 1. The quantitative estimate of drug-likeness (QED) is 0.755. The Labute approximate surface area is 90.1 Å². The summed E-state index contributed by atoms with van der Waals surface area (Å²) in [6, 6.07) is 9.53. The predicted molar refractivity (Wildman–Crippen MR) is 60.6 cm³/mol. The third-order valence-corrected chi connectivity index (χ3v) is 2.75. The molecule has 0 spiro atoms. The molecule has 4 nitrogen and oxygen atoms in total. The first kappa shape index (κ1) is 12.0. The normalized spacial score (nSPS) is 13.5. The number of benzene rings is 1. The molecule has 0 aromatic heterocycles. The minimum atomic E-state index is -3.85. The fraction of sp³-hybridized carbons (Fsp3) is 0.400. The molecule has 1 aromatic rings. The molecule has 84 valence electrons. The first-order valence-electron chi connectivity index (χ1n) is 4.74. The second kappa shape index (κ2) is 5.14. The Morgan fingerprint density at radius 2 is 1.93 bits per heavy atom. The molecule has 2 N–H and O–H groups in total. The van der Waals surface area contributed by atoms with Crippen LogP contribution >= 0.6 is 0 Å². The van der Waals surface area contributed by atoms with Gasteiger partial charge in [-0.05, 0) is 25.5 Å². The van der Waals surface area contributed by atoms with Crippen LogP contribution in [0.15, 0.2) is 30.3 Å². The topological polar surface area (TPSA) is 66.4 Å². The number of rotatable bonds is 5. The summed E-state index contributed by atoms with van der Waals surface area (Å²) in [5.41, 5.74) is 0.945. The van der Waals surface area contributed by atoms with E-state index in [1.807, 2.05) is 37.3 Å². The molecule has 0 fully saturated rings. The largest absolute Gasteiger partial charge is 0.383 e. The molecule has 15 heavy (non-hydrogen) atoms. The number of nitrogens with one attached hydrogen (secondary N) is 1. The van der Waals surface area contributed by atoms with Crippen molar-refractivity contribution in [2.24, 2.45) is 0 Å². The number of hydrogen-bond acceptors (Lipinski definition) is 3. The van der Waals surface area contributed by atoms with Gasteiger partial charge in [-0.2, -0.15) is 8.42 Å². The standard InChI is InChI=1S/C10H15NO3S/c1-9(7-8-15(12,13)14)11-10-5-3-2-4-6-10/h2-6,9,11H,7-8H2,1H3,(H,12,13,14)/t9-/m0/s1. The van der Waals surface area contributed by atoms with Crippen LogP contribution in [-0.2, 0) is 10.1 Å². The van der Waals surface area contributed by atoms with E-state index in [9.17, 15) is 8.42 Å². The van der Waals surface area contributed by atoms with Crippen LogP contribution < -0.4 is 5.32 Å². The van der Waals surface area contributed by atoms with Crippen molar-refractivity contribution >= 4 is 15.8 Å². The molecule has 0 aliphatic heterocycles. The number of anilines is 1. The fourth-order valence-electron chi connectivity index (χ4n) is 1.22. The van der Waals surface area contributed by atoms with Crippen LogP contribution in [0.5, 0.6) is 0 Å². The van der Waals surface area contributed by atoms with Crippen LogP contribution in [0.4, 0.5) is 5.69 Å². The van der Waals surface area contributed by atoms with Gasteiger partial charge in [-0.15, -0.1) is 0 Å². The second-order valence-electron chi connectivity index (χ2n) is 3.49. The van der Waals surface area contributed by atoms with E-state index in [1.165, 1.54) is 0 Å². The molecule has 0 bridgehead atoms. The Morgan fingerprint density at radius 1 is 1.33 bits per heavy atom. The smallest absolute Gasteiger partial charge is 0.264 e. The van der Waals surface area contributed by atoms with E-state index in [1.54, 1.807) is 0 Å². The summed E-state index contributed by atoms with van der Waals surface area (Å²) < 4.78 is 29.6. The van der Waals surface area contributed by atoms with Gasteiger partial charge < -0.3 is 5.32 Å². The zero-order valence-electron chi connectivity index (χ0n) is 8.55. The van der Waals surface area contributed by atoms with E-state index in [4.69, 9.17) is 4.55 Å². The molecule has 0 heterocycles. The highest BCUT2D eigenvalue weighted by molar-refractivity contribution is 7.85. The van der Waals surface area contributed by atoms with Crippen molar-refractivity contribution in [3.05, 3.63) is 30.3 Å². The lowest BCUT2D eigenvalue weighted by Crippen LogP contribution is -2.19. The van der Waals surface area contributed by atoms with Gasteiger partial charge in [-0.3, -0.25) is 4.55 Å². The van der Waals surface area contributed by atoms with Crippen LogP contribution in [-0.4, -0.2) is 24.8 Å². The SMILES string of the molecule is C[C@@H](CCS(=O)(=O)O)Nc1ccccc1. The van der Waals surface area contributed by atoms with Crippen molar-refractivity contribution in [3.63, 3.8) is 0 Å². The fourth-order valence-corrected chi connectivity index (χ4v) is 1.87. The van der Waals surface area contributed by atoms with Crippen molar-refractivity contribution in [1.82, 2.24) is 0 Å². The van der Waals surface area contributed by atoms with E-state index in [0.717, 1.165) is 5.69 Å². The van der Waals surface area contributed by atoms with Crippen LogP contribution in [0.1, 0.15) is 13.3 Å². The summed E-state index contributed by atoms with van der Waals surface area (Å²) in [6.07, 6.45) is 0.383. The highest BCUT2D eigenvalue weighted by atomic mass is 32.2. The van der Waals surface area contributed by atoms with E-state index in [0.29, 0.717) is 6.42 Å². The minimum Gasteiger partial charge on any atom is -0.383 e. The highest BCUT2D eigenvalue weighted by Gasteiger charge is 2.08. The zero-order valence-corrected chi connectivity index (χ0v) is 9.37. The summed E-state index contributed by atoms with van der Waals surface area (Å²) in [5.74, 6) is -0.214. The molecule has 0 aliphatic rings. The molecule has 5 heteroatoms. The van der Waals surface area contributed by atoms with Crippen molar-refractivity contribution in [2.75, 3.05) is 11.1 Å². The predicted octanol–water partition coefficient (Wildman–Crippen LogP) is 1.76. The molecule has 0 radical (unpaired) electrons. The average molecular weight is 229 g/mol. The van der Waals surface area contributed by atoms with Crippen molar-refractivity contribution in [2.45, 2.75) is 19.4 Å². The molecule has 0 unspecified atom stereocenters. The maximum Gasteiger partial charge on any atom is 0.264 e. The van der Waals surface area contributed by atoms with Crippen LogP contribution in [0, 0.1) is 0 Å². The van der Waals surface area contributed by atoms with Gasteiger partial charge in [0, 0.05) is 11.7 Å². The molecule has 0 saturated carbocycles. The van der Waals surface area contributed by atoms with E-state index >= 15 is 0 Å². The molecule has 1 atom stereocenters. The first-order chi connectivity index (χ1) is 6.97. The van der Waals surface area contributed by atoms with Gasteiger partial charge in [0.05, 0.1) is 5.75 Å². The lowest BCUT2D eigenvalue weighted by molar-refractivity contribution is 0.479. The Bertz CT molecular complexity index is 388. The lowest BCUT2D eigenvalue weighted by Gasteiger charge is -2.13. The van der Waals surface area contributed by atoms with Crippen molar-refractivity contribution in [1.29, 1.82) is 0 Å². The Balaban J connectivity index is 2.40. The van der Waals surface area contributed by atoms with Gasteiger partial charge in [-0.1, -0.05) is 18.2 Å². The summed E-state index contributed by atoms with van der Waals surface area (Å²) >= 11 is 0. The molecule has 0 aliphatic carbocycles. The van der Waals surface area contributed by atoms with Gasteiger partial charge in [0.1, 0.15) is 0 Å². The zero-order chi connectivity index (χ0) is 11.3. The Hall–Kier alpha value is -1.07. The van der Waals surface area contributed by atoms with Crippen molar-refractivity contribution in [3.8, 4) is 0 Å². The Kier molecular flexibility index (Phi) is 4.11. The van der Waals surface area contributed by atoms with E-state index in [2.05, 4.69) is 5.32 Å². The third-order valence-electron chi connectivity index (χ3n) is 2.00. The first-order valence-corrected chi connectivity index (χ1v) is 6.35. The average Bonchev–Trinajstić information content (AvgIpc) is 2.15. The molecular formula is C10H15NO3S. The maximum atomic E-state index is 10.5. The van der Waals surface area contributed by atoms with E-state index in [-0.39, 0.29) is 11.8 Å². The molecular weight excluding hydrogens is 214 g/mol. The molecule has 1 rings (SSSR count). The molecule has 0 amide bonds. The summed E-state index contributed by atoms with van der Waals surface area (Å²) in [5, 5.41) is 3.14. The minimum absolute atomic E-state index is 0.00863. The van der Waals surface area contributed by atoms with Crippen LogP contribution in [0.2, 0.25) is 0 Å². The van der Waals surface area contributed by atoms with Crippen LogP contribution in [0.25, 0.3) is 0 Å². The van der Waals surface area contributed by atoms with E-state index < -0.39 is 10.1 Å². The third kappa shape index (κ3) is 5.39. The highest BCUT2D eigenvalue weighted by Crippen LogP contribution is 2.08. The number of hydrogen-bond donors (Lipinski definition) is 2. The second-order valence-corrected chi connectivity index (χ2v) is 5.06. The summed E-state index contributed by atoms with van der Waals surface area (Å²) in [7, 11) is -3.85. The Morgan fingerprint density at radius 3 is 2.47 bits per heavy atom.